The molecule has 1 fully saturated rings. The standard InChI is InChI=1S/C21H21Cl2N3O2S/c1-2-3-11-28-18-10-5-4-7-14(18)13-24-26-21-25-20(27)19(29-21)12-15-16(22)8-6-9-17(15)23/h4-10,13,19H,2-3,11-12H2,1H3,(H,25,26,27)/b24-13-/t19-/m0/s1. The van der Waals surface area contributed by atoms with Crippen molar-refractivity contribution in [1.29, 1.82) is 0 Å². The second-order valence-corrected chi connectivity index (χ2v) is 8.40. The second-order valence-electron chi connectivity index (χ2n) is 6.39. The molecular formula is C21H21Cl2N3O2S. The van der Waals surface area contributed by atoms with Crippen LogP contribution in [0, 0.1) is 0 Å². The van der Waals surface area contributed by atoms with Crippen LogP contribution in [-0.4, -0.2) is 29.1 Å². The number of thioether (sulfide) groups is 1. The number of hydrogen-bond acceptors (Lipinski definition) is 5. The molecular weight excluding hydrogens is 429 g/mol. The maximum Gasteiger partial charge on any atom is 0.239 e. The van der Waals surface area contributed by atoms with Crippen molar-refractivity contribution in [1.82, 2.24) is 5.32 Å². The fraction of sp³-hybridized carbons (Fsp3) is 0.286. The van der Waals surface area contributed by atoms with Crippen LogP contribution >= 0.6 is 35.0 Å². The van der Waals surface area contributed by atoms with Crippen LogP contribution in [0.15, 0.2) is 52.7 Å². The van der Waals surface area contributed by atoms with Crippen LogP contribution in [0.2, 0.25) is 10.0 Å². The van der Waals surface area contributed by atoms with Crippen LogP contribution in [-0.2, 0) is 11.2 Å². The van der Waals surface area contributed by atoms with Crippen molar-refractivity contribution >= 4 is 52.3 Å². The highest BCUT2D eigenvalue weighted by Gasteiger charge is 2.31. The Morgan fingerprint density at radius 1 is 1.17 bits per heavy atom. The van der Waals surface area contributed by atoms with Crippen molar-refractivity contribution in [2.75, 3.05) is 6.61 Å². The van der Waals surface area contributed by atoms with Gasteiger partial charge >= 0.3 is 0 Å². The topological polar surface area (TPSA) is 63.1 Å². The molecule has 1 N–H and O–H groups in total. The molecule has 2 aromatic rings. The Kier molecular flexibility index (Phi) is 7.98. The third kappa shape index (κ3) is 5.98. The van der Waals surface area contributed by atoms with Gasteiger partial charge in [0.15, 0.2) is 5.17 Å². The molecule has 3 rings (SSSR count). The smallest absolute Gasteiger partial charge is 0.239 e. The van der Waals surface area contributed by atoms with Gasteiger partial charge in [-0.1, -0.05) is 66.5 Å². The van der Waals surface area contributed by atoms with Crippen LogP contribution < -0.4 is 10.1 Å². The third-order valence-corrected chi connectivity index (χ3v) is 6.03. The molecule has 0 spiro atoms. The number of ether oxygens (including phenoxy) is 1. The fourth-order valence-electron chi connectivity index (χ4n) is 2.69. The van der Waals surface area contributed by atoms with Crippen molar-refractivity contribution in [3.8, 4) is 5.75 Å². The third-order valence-electron chi connectivity index (χ3n) is 4.25. The van der Waals surface area contributed by atoms with E-state index in [1.165, 1.54) is 11.8 Å². The molecule has 0 bridgehead atoms. The summed E-state index contributed by atoms with van der Waals surface area (Å²) in [6.07, 6.45) is 4.11. The number of amides is 1. The van der Waals surface area contributed by atoms with Gasteiger partial charge in [0.2, 0.25) is 5.91 Å². The summed E-state index contributed by atoms with van der Waals surface area (Å²) < 4.78 is 5.78. The Bertz CT molecular complexity index is 914. The summed E-state index contributed by atoms with van der Waals surface area (Å²) in [5.74, 6) is 0.627. The molecule has 152 valence electrons. The van der Waals surface area contributed by atoms with Crippen LogP contribution in [0.3, 0.4) is 0 Å². The van der Waals surface area contributed by atoms with Gasteiger partial charge in [0.05, 0.1) is 18.1 Å². The highest BCUT2D eigenvalue weighted by molar-refractivity contribution is 8.15. The number of nitrogens with zero attached hydrogens (tertiary/aromatic N) is 2. The largest absolute Gasteiger partial charge is 0.493 e. The molecule has 0 aromatic heterocycles. The first-order chi connectivity index (χ1) is 14.1. The van der Waals surface area contributed by atoms with Gasteiger partial charge in [0.25, 0.3) is 0 Å². The highest BCUT2D eigenvalue weighted by Crippen LogP contribution is 2.30. The zero-order valence-electron chi connectivity index (χ0n) is 15.9. The highest BCUT2D eigenvalue weighted by atomic mass is 35.5. The number of carbonyl (C=O) groups is 1. The first-order valence-corrected chi connectivity index (χ1v) is 10.9. The van der Waals surface area contributed by atoms with Crippen molar-refractivity contribution in [3.05, 3.63) is 63.6 Å². The number of hydrogen-bond donors (Lipinski definition) is 1. The van der Waals surface area contributed by atoms with Crippen LogP contribution in [0.5, 0.6) is 5.75 Å². The molecule has 1 saturated heterocycles. The summed E-state index contributed by atoms with van der Waals surface area (Å²) in [6.45, 7) is 2.78. The Labute approximate surface area is 184 Å². The zero-order chi connectivity index (χ0) is 20.6. The predicted octanol–water partition coefficient (Wildman–Crippen LogP) is 5.34. The zero-order valence-corrected chi connectivity index (χ0v) is 18.2. The minimum atomic E-state index is -0.356. The maximum absolute atomic E-state index is 12.3. The number of unbranched alkanes of at least 4 members (excludes halogenated alkanes) is 1. The average Bonchev–Trinajstić information content (AvgIpc) is 3.05. The first-order valence-electron chi connectivity index (χ1n) is 9.31. The molecule has 2 aromatic carbocycles. The number of nitrogens with one attached hydrogen (secondary N) is 1. The number of amidine groups is 1. The number of halogens is 2. The van der Waals surface area contributed by atoms with Gasteiger partial charge in [0, 0.05) is 15.6 Å². The summed E-state index contributed by atoms with van der Waals surface area (Å²) in [7, 11) is 0. The van der Waals surface area contributed by atoms with Gasteiger partial charge < -0.3 is 10.1 Å². The summed E-state index contributed by atoms with van der Waals surface area (Å²) in [6, 6.07) is 13.0. The second kappa shape index (κ2) is 10.7. The monoisotopic (exact) mass is 449 g/mol. The number of rotatable bonds is 8. The van der Waals surface area contributed by atoms with Gasteiger partial charge in [-0.05, 0) is 42.7 Å². The van der Waals surface area contributed by atoms with E-state index in [4.69, 9.17) is 27.9 Å². The van der Waals surface area contributed by atoms with Crippen molar-refractivity contribution in [2.24, 2.45) is 10.2 Å². The van der Waals surface area contributed by atoms with E-state index in [0.717, 1.165) is 29.7 Å². The lowest BCUT2D eigenvalue weighted by atomic mass is 10.1. The average molecular weight is 450 g/mol. The van der Waals surface area contributed by atoms with E-state index in [2.05, 4.69) is 22.4 Å². The van der Waals surface area contributed by atoms with E-state index in [9.17, 15) is 4.79 Å². The molecule has 0 unspecified atom stereocenters. The van der Waals surface area contributed by atoms with E-state index in [0.29, 0.717) is 28.2 Å². The van der Waals surface area contributed by atoms with Gasteiger partial charge in [-0.15, -0.1) is 5.10 Å². The minimum Gasteiger partial charge on any atom is -0.493 e. The molecule has 1 amide bonds. The molecule has 1 atom stereocenters. The molecule has 1 aliphatic heterocycles. The lowest BCUT2D eigenvalue weighted by molar-refractivity contribution is -0.118. The molecule has 0 aliphatic carbocycles. The van der Waals surface area contributed by atoms with Gasteiger partial charge in [-0.3, -0.25) is 4.79 Å². The summed E-state index contributed by atoms with van der Waals surface area (Å²) in [5.41, 5.74) is 1.59. The quantitative estimate of drug-likeness (QED) is 0.336. The minimum absolute atomic E-state index is 0.136. The van der Waals surface area contributed by atoms with Gasteiger partial charge in [-0.2, -0.15) is 5.10 Å². The fourth-order valence-corrected chi connectivity index (χ4v) is 4.18. The Morgan fingerprint density at radius 3 is 2.69 bits per heavy atom. The number of carbonyl (C=O) groups excluding carboxylic acids is 1. The van der Waals surface area contributed by atoms with Crippen molar-refractivity contribution in [2.45, 2.75) is 31.4 Å². The Hall–Kier alpha value is -2.02. The molecule has 29 heavy (non-hydrogen) atoms. The molecule has 8 heteroatoms. The van der Waals surface area contributed by atoms with E-state index in [1.54, 1.807) is 24.4 Å². The molecule has 0 saturated carbocycles. The Morgan fingerprint density at radius 2 is 1.93 bits per heavy atom. The molecule has 1 heterocycles. The molecule has 1 aliphatic rings. The predicted molar refractivity (Wildman–Crippen MR) is 122 cm³/mol. The Balaban J connectivity index is 1.65. The van der Waals surface area contributed by atoms with Crippen molar-refractivity contribution in [3.63, 3.8) is 0 Å². The SMILES string of the molecule is CCCCOc1ccccc1/C=N\N=C1/NC(=O)[C@H](Cc2c(Cl)cccc2Cl)S1. The van der Waals surface area contributed by atoms with E-state index < -0.39 is 0 Å². The maximum atomic E-state index is 12.3. The lowest BCUT2D eigenvalue weighted by Gasteiger charge is -2.09. The summed E-state index contributed by atoms with van der Waals surface area (Å²) in [4.78, 5) is 12.3. The van der Waals surface area contributed by atoms with Gasteiger partial charge in [0.1, 0.15) is 5.75 Å². The number of para-hydroxylation sites is 1. The normalized spacial score (nSPS) is 17.8. The van der Waals surface area contributed by atoms with Gasteiger partial charge in [-0.25, -0.2) is 0 Å². The number of benzene rings is 2. The van der Waals surface area contributed by atoms with E-state index in [1.807, 2.05) is 24.3 Å². The first kappa shape index (κ1) is 21.7. The molecule has 5 nitrogen and oxygen atoms in total. The van der Waals surface area contributed by atoms with Crippen LogP contribution in [0.4, 0.5) is 0 Å². The van der Waals surface area contributed by atoms with Crippen LogP contribution in [0.25, 0.3) is 0 Å². The lowest BCUT2D eigenvalue weighted by Crippen LogP contribution is -2.26. The van der Waals surface area contributed by atoms with Crippen molar-refractivity contribution < 1.29 is 9.53 Å². The van der Waals surface area contributed by atoms with E-state index >= 15 is 0 Å². The summed E-state index contributed by atoms with van der Waals surface area (Å²) in [5, 5.41) is 12.2. The van der Waals surface area contributed by atoms with E-state index in [-0.39, 0.29) is 11.2 Å². The summed E-state index contributed by atoms with van der Waals surface area (Å²) >= 11 is 13.7. The molecule has 0 radical (unpaired) electrons. The van der Waals surface area contributed by atoms with Crippen LogP contribution in [0.1, 0.15) is 30.9 Å².